The minimum absolute atomic E-state index is 0.0418. The maximum atomic E-state index is 13.1. The van der Waals surface area contributed by atoms with Crippen molar-refractivity contribution in [2.75, 3.05) is 17.3 Å². The molecule has 4 rings (SSSR count). The summed E-state index contributed by atoms with van der Waals surface area (Å²) in [6.07, 6.45) is 0.496. The first-order valence-corrected chi connectivity index (χ1v) is 12.3. The maximum Gasteiger partial charge on any atom is 0.233 e. The average molecular weight is 430 g/mol. The Kier molecular flexibility index (Phi) is 5.65. The Morgan fingerprint density at radius 2 is 2.03 bits per heavy atom. The molecule has 29 heavy (non-hydrogen) atoms. The lowest BCUT2D eigenvalue weighted by atomic mass is 10.1. The number of aromatic nitrogens is 2. The Morgan fingerprint density at radius 3 is 2.76 bits per heavy atom. The SMILES string of the molecule is Cc1ccc2nc(SCC(=O)N(Cc3ccccc3)[C@H]3CCS(=O)(=O)C3)[nH]c2c1. The molecule has 0 aliphatic carbocycles. The number of fused-ring (bicyclic) bond motifs is 1. The summed E-state index contributed by atoms with van der Waals surface area (Å²) < 4.78 is 23.9. The molecule has 0 bridgehead atoms. The number of hydrogen-bond acceptors (Lipinski definition) is 5. The molecule has 0 saturated carbocycles. The number of nitrogens with zero attached hydrogens (tertiary/aromatic N) is 2. The van der Waals surface area contributed by atoms with Gasteiger partial charge < -0.3 is 9.88 Å². The third kappa shape index (κ3) is 4.82. The van der Waals surface area contributed by atoms with Gasteiger partial charge in [-0.3, -0.25) is 4.79 Å². The monoisotopic (exact) mass is 429 g/mol. The van der Waals surface area contributed by atoms with Crippen molar-refractivity contribution in [3.8, 4) is 0 Å². The zero-order valence-corrected chi connectivity index (χ0v) is 17.8. The second-order valence-corrected chi connectivity index (χ2v) is 10.6. The minimum atomic E-state index is -3.07. The number of rotatable bonds is 6. The third-order valence-electron chi connectivity index (χ3n) is 5.11. The lowest BCUT2D eigenvalue weighted by Gasteiger charge is -2.28. The second kappa shape index (κ2) is 8.20. The van der Waals surface area contributed by atoms with Crippen LogP contribution in [0.15, 0.2) is 53.7 Å². The summed E-state index contributed by atoms with van der Waals surface area (Å²) in [5, 5.41) is 0.692. The second-order valence-electron chi connectivity index (χ2n) is 7.42. The van der Waals surface area contributed by atoms with Crippen molar-refractivity contribution in [3.63, 3.8) is 0 Å². The number of carbonyl (C=O) groups is 1. The number of H-pyrrole nitrogens is 1. The van der Waals surface area contributed by atoms with Crippen molar-refractivity contribution < 1.29 is 13.2 Å². The number of sulfone groups is 1. The summed E-state index contributed by atoms with van der Waals surface area (Å²) >= 11 is 1.35. The highest BCUT2D eigenvalue weighted by Gasteiger charge is 2.34. The van der Waals surface area contributed by atoms with E-state index in [1.54, 1.807) is 4.90 Å². The number of aryl methyl sites for hydroxylation is 1. The van der Waals surface area contributed by atoms with E-state index in [-0.39, 0.29) is 29.2 Å². The molecular formula is C21H23N3O3S2. The first kappa shape index (κ1) is 20.0. The van der Waals surface area contributed by atoms with Gasteiger partial charge in [0.05, 0.1) is 28.3 Å². The molecule has 1 aliphatic heterocycles. The molecular weight excluding hydrogens is 406 g/mol. The van der Waals surface area contributed by atoms with E-state index in [1.807, 2.05) is 55.5 Å². The van der Waals surface area contributed by atoms with E-state index in [2.05, 4.69) is 9.97 Å². The molecule has 3 aromatic rings. The quantitative estimate of drug-likeness (QED) is 0.609. The number of aromatic amines is 1. The molecule has 152 valence electrons. The van der Waals surface area contributed by atoms with Gasteiger partial charge in [-0.05, 0) is 36.6 Å². The molecule has 8 heteroatoms. The number of amides is 1. The maximum absolute atomic E-state index is 13.1. The zero-order valence-electron chi connectivity index (χ0n) is 16.2. The van der Waals surface area contributed by atoms with Gasteiger partial charge in [0.15, 0.2) is 15.0 Å². The molecule has 1 aromatic heterocycles. The van der Waals surface area contributed by atoms with E-state index < -0.39 is 9.84 Å². The molecule has 1 saturated heterocycles. The molecule has 1 fully saturated rings. The van der Waals surface area contributed by atoms with Crippen LogP contribution in [-0.4, -0.2) is 52.5 Å². The molecule has 2 heterocycles. The predicted molar refractivity (Wildman–Crippen MR) is 116 cm³/mol. The number of nitrogens with one attached hydrogen (secondary N) is 1. The lowest BCUT2D eigenvalue weighted by Crippen LogP contribution is -2.41. The van der Waals surface area contributed by atoms with Gasteiger partial charge in [-0.1, -0.05) is 48.2 Å². The zero-order chi connectivity index (χ0) is 20.4. The van der Waals surface area contributed by atoms with E-state index in [4.69, 9.17) is 0 Å². The topological polar surface area (TPSA) is 83.1 Å². The van der Waals surface area contributed by atoms with Crippen molar-refractivity contribution in [3.05, 3.63) is 59.7 Å². The molecule has 1 N–H and O–H groups in total. The van der Waals surface area contributed by atoms with Crippen LogP contribution in [-0.2, 0) is 21.2 Å². The standard InChI is InChI=1S/C21H23N3O3S2/c1-15-7-8-18-19(11-15)23-21(22-18)28-13-20(25)24(12-16-5-3-2-4-6-16)17-9-10-29(26,27)14-17/h2-8,11,17H,9-10,12-14H2,1H3,(H,22,23)/t17-/m0/s1. The number of carbonyl (C=O) groups excluding carboxylic acids is 1. The van der Waals surface area contributed by atoms with E-state index in [1.165, 1.54) is 11.8 Å². The van der Waals surface area contributed by atoms with Crippen LogP contribution in [0.5, 0.6) is 0 Å². The summed E-state index contributed by atoms with van der Waals surface area (Å²) in [5.41, 5.74) is 3.95. The molecule has 2 aromatic carbocycles. The molecule has 0 radical (unpaired) electrons. The number of hydrogen-bond donors (Lipinski definition) is 1. The Bertz CT molecular complexity index is 1130. The average Bonchev–Trinajstić information content (AvgIpc) is 3.26. The first-order chi connectivity index (χ1) is 13.9. The van der Waals surface area contributed by atoms with Gasteiger partial charge in [-0.2, -0.15) is 0 Å². The van der Waals surface area contributed by atoms with Crippen LogP contribution in [0.1, 0.15) is 17.5 Å². The number of benzene rings is 2. The highest BCUT2D eigenvalue weighted by molar-refractivity contribution is 7.99. The van der Waals surface area contributed by atoms with Gasteiger partial charge in [-0.15, -0.1) is 0 Å². The van der Waals surface area contributed by atoms with Crippen LogP contribution in [0.25, 0.3) is 11.0 Å². The molecule has 1 aliphatic rings. The van der Waals surface area contributed by atoms with Gasteiger partial charge in [0.1, 0.15) is 0 Å². The Labute approximate surface area is 174 Å². The number of imidazole rings is 1. The molecule has 0 unspecified atom stereocenters. The highest BCUT2D eigenvalue weighted by atomic mass is 32.2. The van der Waals surface area contributed by atoms with Crippen LogP contribution in [0, 0.1) is 6.92 Å². The van der Waals surface area contributed by atoms with Crippen molar-refractivity contribution in [2.24, 2.45) is 0 Å². The van der Waals surface area contributed by atoms with E-state index in [0.29, 0.717) is 18.1 Å². The first-order valence-electron chi connectivity index (χ1n) is 9.53. The van der Waals surface area contributed by atoms with Crippen molar-refractivity contribution in [1.82, 2.24) is 14.9 Å². The fraction of sp³-hybridized carbons (Fsp3) is 0.333. The third-order valence-corrected chi connectivity index (χ3v) is 7.72. The van der Waals surface area contributed by atoms with Gasteiger partial charge in [0.2, 0.25) is 5.91 Å². The van der Waals surface area contributed by atoms with E-state index in [0.717, 1.165) is 22.2 Å². The van der Waals surface area contributed by atoms with Gasteiger partial charge in [-0.25, -0.2) is 13.4 Å². The van der Waals surface area contributed by atoms with Crippen LogP contribution in [0.3, 0.4) is 0 Å². The summed E-state index contributed by atoms with van der Waals surface area (Å²) in [6, 6.07) is 15.4. The Balaban J connectivity index is 1.49. The Hall–Kier alpha value is -2.32. The van der Waals surface area contributed by atoms with Gasteiger partial charge >= 0.3 is 0 Å². The van der Waals surface area contributed by atoms with Gasteiger partial charge in [0.25, 0.3) is 0 Å². The highest BCUT2D eigenvalue weighted by Crippen LogP contribution is 2.24. The molecule has 1 atom stereocenters. The van der Waals surface area contributed by atoms with Crippen LogP contribution < -0.4 is 0 Å². The van der Waals surface area contributed by atoms with Crippen molar-refractivity contribution in [2.45, 2.75) is 31.1 Å². The fourth-order valence-electron chi connectivity index (χ4n) is 3.60. The van der Waals surface area contributed by atoms with E-state index >= 15 is 0 Å². The molecule has 6 nitrogen and oxygen atoms in total. The van der Waals surface area contributed by atoms with Crippen molar-refractivity contribution in [1.29, 1.82) is 0 Å². The fourth-order valence-corrected chi connectivity index (χ4v) is 6.11. The summed E-state index contributed by atoms with van der Waals surface area (Å²) in [5.74, 6) is 0.326. The largest absolute Gasteiger partial charge is 0.334 e. The Morgan fingerprint density at radius 1 is 1.24 bits per heavy atom. The van der Waals surface area contributed by atoms with Crippen LogP contribution in [0.4, 0.5) is 0 Å². The minimum Gasteiger partial charge on any atom is -0.334 e. The van der Waals surface area contributed by atoms with E-state index in [9.17, 15) is 13.2 Å². The summed E-state index contributed by atoms with van der Waals surface area (Å²) in [6.45, 7) is 2.44. The normalized spacial score (nSPS) is 18.2. The smallest absolute Gasteiger partial charge is 0.233 e. The van der Waals surface area contributed by atoms with Crippen LogP contribution >= 0.6 is 11.8 Å². The van der Waals surface area contributed by atoms with Crippen LogP contribution in [0.2, 0.25) is 0 Å². The lowest BCUT2D eigenvalue weighted by molar-refractivity contribution is -0.130. The van der Waals surface area contributed by atoms with Gasteiger partial charge in [0, 0.05) is 12.6 Å². The van der Waals surface area contributed by atoms with Crippen molar-refractivity contribution >= 4 is 38.5 Å². The molecule has 0 spiro atoms. The molecule has 1 amide bonds. The summed E-state index contributed by atoms with van der Waals surface area (Å²) in [7, 11) is -3.07. The number of thioether (sulfide) groups is 1. The summed E-state index contributed by atoms with van der Waals surface area (Å²) in [4.78, 5) is 22.6. The predicted octanol–water partition coefficient (Wildman–Crippen LogP) is 3.18.